The van der Waals surface area contributed by atoms with Crippen molar-refractivity contribution < 1.29 is 5.11 Å². The third-order valence-corrected chi connectivity index (χ3v) is 2.22. The van der Waals surface area contributed by atoms with E-state index in [4.69, 9.17) is 5.26 Å². The first kappa shape index (κ1) is 10.4. The molecule has 0 radical (unpaired) electrons. The molecule has 64 valence electrons. The maximum atomic E-state index is 9.76. The van der Waals surface area contributed by atoms with Gasteiger partial charge in [0.15, 0.2) is 0 Å². The highest BCUT2D eigenvalue weighted by atomic mass is 16.3. The molecule has 0 rings (SSSR count). The Morgan fingerprint density at radius 2 is 2.18 bits per heavy atom. The summed E-state index contributed by atoms with van der Waals surface area (Å²) in [5.41, 5.74) is -0.662. The van der Waals surface area contributed by atoms with E-state index in [1.54, 1.807) is 6.92 Å². The van der Waals surface area contributed by atoms with Crippen molar-refractivity contribution in [3.05, 3.63) is 0 Å². The van der Waals surface area contributed by atoms with E-state index >= 15 is 0 Å². The monoisotopic (exact) mass is 155 g/mol. The highest BCUT2D eigenvalue weighted by molar-refractivity contribution is 4.85. The fourth-order valence-electron chi connectivity index (χ4n) is 1.11. The second-order valence-corrected chi connectivity index (χ2v) is 3.37. The number of rotatable bonds is 4. The predicted molar refractivity (Wildman–Crippen MR) is 44.9 cm³/mol. The minimum atomic E-state index is -0.662. The Kier molecular flexibility index (Phi) is 4.14. The summed E-state index contributed by atoms with van der Waals surface area (Å²) in [6.45, 7) is 5.75. The Hall–Kier alpha value is -0.550. The van der Waals surface area contributed by atoms with Crippen LogP contribution in [0.5, 0.6) is 0 Å². The lowest BCUT2D eigenvalue weighted by Gasteiger charge is -2.28. The molecule has 0 fully saturated rings. The van der Waals surface area contributed by atoms with E-state index in [-0.39, 0.29) is 5.92 Å². The average molecular weight is 155 g/mol. The van der Waals surface area contributed by atoms with E-state index in [0.717, 1.165) is 12.8 Å². The van der Waals surface area contributed by atoms with Crippen molar-refractivity contribution in [2.75, 3.05) is 0 Å². The van der Waals surface area contributed by atoms with E-state index in [1.165, 1.54) is 0 Å². The second-order valence-electron chi connectivity index (χ2n) is 3.37. The highest BCUT2D eigenvalue weighted by Gasteiger charge is 2.26. The van der Waals surface area contributed by atoms with Crippen molar-refractivity contribution in [2.24, 2.45) is 5.92 Å². The van der Waals surface area contributed by atoms with E-state index in [2.05, 4.69) is 6.07 Å². The molecule has 1 N–H and O–H groups in total. The van der Waals surface area contributed by atoms with Gasteiger partial charge in [0.2, 0.25) is 0 Å². The molecule has 0 bridgehead atoms. The Morgan fingerprint density at radius 1 is 1.64 bits per heavy atom. The molecule has 2 unspecified atom stereocenters. The number of nitriles is 1. The number of aliphatic hydroxyl groups is 1. The van der Waals surface area contributed by atoms with Crippen LogP contribution >= 0.6 is 0 Å². The van der Waals surface area contributed by atoms with Crippen molar-refractivity contribution >= 4 is 0 Å². The second kappa shape index (κ2) is 4.35. The van der Waals surface area contributed by atoms with Crippen LogP contribution in [-0.2, 0) is 0 Å². The summed E-state index contributed by atoms with van der Waals surface area (Å²) < 4.78 is 0. The highest BCUT2D eigenvalue weighted by Crippen LogP contribution is 2.24. The van der Waals surface area contributed by atoms with E-state index in [0.29, 0.717) is 6.42 Å². The summed E-state index contributed by atoms with van der Waals surface area (Å²) in [6.07, 6.45) is 2.17. The number of hydrogen-bond donors (Lipinski definition) is 1. The molecule has 0 heterocycles. The van der Waals surface area contributed by atoms with Gasteiger partial charge in [-0.1, -0.05) is 20.3 Å². The van der Waals surface area contributed by atoms with Crippen LogP contribution in [0.1, 0.15) is 40.0 Å². The van der Waals surface area contributed by atoms with Crippen LogP contribution in [0.15, 0.2) is 0 Å². The van der Waals surface area contributed by atoms with Crippen molar-refractivity contribution in [2.45, 2.75) is 45.6 Å². The molecule has 0 spiro atoms. The van der Waals surface area contributed by atoms with Gasteiger partial charge in [-0.25, -0.2) is 0 Å². The molecule has 0 aliphatic heterocycles. The summed E-state index contributed by atoms with van der Waals surface area (Å²) in [4.78, 5) is 0. The first-order chi connectivity index (χ1) is 5.04. The molecule has 11 heavy (non-hydrogen) atoms. The van der Waals surface area contributed by atoms with Crippen molar-refractivity contribution in [1.82, 2.24) is 0 Å². The summed E-state index contributed by atoms with van der Waals surface area (Å²) in [7, 11) is 0. The topological polar surface area (TPSA) is 44.0 Å². The minimum Gasteiger partial charge on any atom is -0.390 e. The lowest BCUT2D eigenvalue weighted by atomic mass is 9.85. The first-order valence-electron chi connectivity index (χ1n) is 4.14. The molecule has 0 amide bonds. The average Bonchev–Trinajstić information content (AvgIpc) is 1.88. The lowest BCUT2D eigenvalue weighted by molar-refractivity contribution is -0.000602. The molecule has 0 aromatic carbocycles. The zero-order valence-electron chi connectivity index (χ0n) is 7.59. The van der Waals surface area contributed by atoms with Crippen molar-refractivity contribution in [3.63, 3.8) is 0 Å². The van der Waals surface area contributed by atoms with Crippen molar-refractivity contribution in [3.8, 4) is 6.07 Å². The molecule has 0 saturated carbocycles. The first-order valence-corrected chi connectivity index (χ1v) is 4.14. The van der Waals surface area contributed by atoms with Gasteiger partial charge in [-0.05, 0) is 19.3 Å². The molecule has 0 aromatic rings. The van der Waals surface area contributed by atoms with Crippen LogP contribution in [0, 0.1) is 17.2 Å². The largest absolute Gasteiger partial charge is 0.390 e. The molecule has 2 nitrogen and oxygen atoms in total. The summed E-state index contributed by atoms with van der Waals surface area (Å²) in [5.74, 6) is 0.0763. The Labute approximate surface area is 68.8 Å². The molecular weight excluding hydrogens is 138 g/mol. The smallest absolute Gasteiger partial charge is 0.0654 e. The van der Waals surface area contributed by atoms with E-state index in [1.807, 2.05) is 13.8 Å². The van der Waals surface area contributed by atoms with Gasteiger partial charge in [0, 0.05) is 6.42 Å². The summed E-state index contributed by atoms with van der Waals surface area (Å²) in [5, 5.41) is 18.2. The lowest BCUT2D eigenvalue weighted by Crippen LogP contribution is -2.32. The molecular formula is C9H17NO. The Balaban J connectivity index is 3.96. The zero-order valence-corrected chi connectivity index (χ0v) is 7.59. The Bertz CT molecular complexity index is 146. The van der Waals surface area contributed by atoms with Crippen molar-refractivity contribution in [1.29, 1.82) is 5.26 Å². The molecule has 0 aliphatic rings. The summed E-state index contributed by atoms with van der Waals surface area (Å²) >= 11 is 0. The maximum Gasteiger partial charge on any atom is 0.0654 e. The van der Waals surface area contributed by atoms with Crippen LogP contribution in [0.25, 0.3) is 0 Å². The minimum absolute atomic E-state index is 0.0763. The molecule has 0 saturated heterocycles. The summed E-state index contributed by atoms with van der Waals surface area (Å²) in [6, 6.07) is 2.07. The number of nitrogens with zero attached hydrogens (tertiary/aromatic N) is 1. The van der Waals surface area contributed by atoms with Gasteiger partial charge < -0.3 is 5.11 Å². The molecule has 2 heteroatoms. The van der Waals surface area contributed by atoms with E-state index < -0.39 is 5.60 Å². The van der Waals surface area contributed by atoms with E-state index in [9.17, 15) is 5.11 Å². The molecule has 2 atom stereocenters. The standard InChI is InChI=1S/C9H17NO/c1-4-6-9(3,11)8(2)5-7-10/h8,11H,4-6H2,1-3H3. The third kappa shape index (κ3) is 3.38. The maximum absolute atomic E-state index is 9.76. The molecule has 0 aliphatic carbocycles. The van der Waals surface area contributed by atoms with Gasteiger partial charge in [-0.2, -0.15) is 5.26 Å². The van der Waals surface area contributed by atoms with Crippen LogP contribution in [0.3, 0.4) is 0 Å². The number of hydrogen-bond acceptors (Lipinski definition) is 2. The van der Waals surface area contributed by atoms with Crippen LogP contribution in [-0.4, -0.2) is 10.7 Å². The van der Waals surface area contributed by atoms with Gasteiger partial charge >= 0.3 is 0 Å². The van der Waals surface area contributed by atoms with Crippen LogP contribution in [0.2, 0.25) is 0 Å². The zero-order chi connectivity index (χ0) is 8.91. The van der Waals surface area contributed by atoms with Gasteiger partial charge in [-0.15, -0.1) is 0 Å². The molecule has 0 aromatic heterocycles. The fourth-order valence-corrected chi connectivity index (χ4v) is 1.11. The van der Waals surface area contributed by atoms with Crippen LogP contribution < -0.4 is 0 Å². The van der Waals surface area contributed by atoms with Gasteiger partial charge in [-0.3, -0.25) is 0 Å². The Morgan fingerprint density at radius 3 is 2.55 bits per heavy atom. The van der Waals surface area contributed by atoms with Gasteiger partial charge in [0.1, 0.15) is 0 Å². The van der Waals surface area contributed by atoms with Gasteiger partial charge in [0.25, 0.3) is 0 Å². The SMILES string of the molecule is CCCC(C)(O)C(C)CC#N. The van der Waals surface area contributed by atoms with Crippen LogP contribution in [0.4, 0.5) is 0 Å². The van der Waals surface area contributed by atoms with Gasteiger partial charge in [0.05, 0.1) is 11.7 Å². The fraction of sp³-hybridized carbons (Fsp3) is 0.889. The predicted octanol–water partition coefficient (Wildman–Crippen LogP) is 2.09. The quantitative estimate of drug-likeness (QED) is 0.675. The third-order valence-electron chi connectivity index (χ3n) is 2.22. The normalized spacial score (nSPS) is 18.5.